The lowest BCUT2D eigenvalue weighted by molar-refractivity contribution is 0.134. The first kappa shape index (κ1) is 20.9. The summed E-state index contributed by atoms with van der Waals surface area (Å²) in [6.07, 6.45) is 0.610. The molecule has 3 rings (SSSR count). The third-order valence-electron chi connectivity index (χ3n) is 5.12. The first-order chi connectivity index (χ1) is 14.1. The van der Waals surface area contributed by atoms with Crippen LogP contribution in [0, 0.1) is 5.82 Å². The number of hydrogen-bond acceptors (Lipinski definition) is 4. The number of carbonyl (C=O) groups is 1. The lowest BCUT2D eigenvalue weighted by Crippen LogP contribution is -2.51. The average molecular weight is 401 g/mol. The van der Waals surface area contributed by atoms with E-state index in [4.69, 9.17) is 9.47 Å². The highest BCUT2D eigenvalue weighted by atomic mass is 19.1. The van der Waals surface area contributed by atoms with E-state index in [1.807, 2.05) is 29.2 Å². The van der Waals surface area contributed by atoms with Gasteiger partial charge in [0.2, 0.25) is 0 Å². The van der Waals surface area contributed by atoms with Crippen molar-refractivity contribution in [2.24, 2.45) is 0 Å². The fourth-order valence-corrected chi connectivity index (χ4v) is 3.47. The highest BCUT2D eigenvalue weighted by molar-refractivity contribution is 5.74. The molecule has 1 saturated heterocycles. The Morgan fingerprint density at radius 3 is 2.55 bits per heavy atom. The highest BCUT2D eigenvalue weighted by Gasteiger charge is 2.21. The van der Waals surface area contributed by atoms with Gasteiger partial charge in [0, 0.05) is 44.8 Å². The number of nitrogens with one attached hydrogen (secondary N) is 1. The summed E-state index contributed by atoms with van der Waals surface area (Å²) < 4.78 is 24.0. The van der Waals surface area contributed by atoms with Crippen LogP contribution in [0.2, 0.25) is 0 Å². The van der Waals surface area contributed by atoms with Gasteiger partial charge in [-0.05, 0) is 42.3 Å². The molecule has 1 aliphatic rings. The predicted molar refractivity (Wildman–Crippen MR) is 110 cm³/mol. The van der Waals surface area contributed by atoms with Crippen molar-refractivity contribution in [3.05, 3.63) is 59.4 Å². The Morgan fingerprint density at radius 2 is 1.86 bits per heavy atom. The first-order valence-corrected chi connectivity index (χ1v) is 9.79. The normalized spacial score (nSPS) is 14.5. The summed E-state index contributed by atoms with van der Waals surface area (Å²) in [4.78, 5) is 16.5. The molecule has 2 aromatic carbocycles. The molecule has 0 aromatic heterocycles. The molecule has 0 unspecified atom stereocenters. The van der Waals surface area contributed by atoms with Gasteiger partial charge in [-0.15, -0.1) is 0 Å². The van der Waals surface area contributed by atoms with Gasteiger partial charge in [0.1, 0.15) is 17.3 Å². The standard InChI is InChI=1S/C22H28FN3O3/c1-28-20-6-7-21(29-2)18(15-20)16-25-10-12-26(13-11-25)22(27)24-9-8-17-4-3-5-19(23)14-17/h3-7,14-15H,8-13,16H2,1-2H3,(H,24,27). The molecule has 1 aliphatic heterocycles. The number of urea groups is 1. The van der Waals surface area contributed by atoms with E-state index in [1.54, 1.807) is 20.3 Å². The first-order valence-electron chi connectivity index (χ1n) is 9.79. The molecular weight excluding hydrogens is 373 g/mol. The fourth-order valence-electron chi connectivity index (χ4n) is 3.47. The van der Waals surface area contributed by atoms with Crippen LogP contribution in [0.1, 0.15) is 11.1 Å². The number of nitrogens with zero attached hydrogens (tertiary/aromatic N) is 2. The maximum Gasteiger partial charge on any atom is 0.317 e. The van der Waals surface area contributed by atoms with Gasteiger partial charge in [0.15, 0.2) is 0 Å². The van der Waals surface area contributed by atoms with Gasteiger partial charge in [-0.3, -0.25) is 4.90 Å². The van der Waals surface area contributed by atoms with Crippen LogP contribution in [0.3, 0.4) is 0 Å². The Bertz CT molecular complexity index is 823. The molecule has 1 heterocycles. The molecule has 29 heavy (non-hydrogen) atoms. The van der Waals surface area contributed by atoms with Crippen molar-refractivity contribution in [1.29, 1.82) is 0 Å². The lowest BCUT2D eigenvalue weighted by Gasteiger charge is -2.35. The number of hydrogen-bond donors (Lipinski definition) is 1. The third-order valence-corrected chi connectivity index (χ3v) is 5.12. The largest absolute Gasteiger partial charge is 0.497 e. The van der Waals surface area contributed by atoms with Crippen LogP contribution < -0.4 is 14.8 Å². The SMILES string of the molecule is COc1ccc(OC)c(CN2CCN(C(=O)NCCc3cccc(F)c3)CC2)c1. The van der Waals surface area contributed by atoms with Crippen LogP contribution in [0.15, 0.2) is 42.5 Å². The van der Waals surface area contributed by atoms with Crippen LogP contribution >= 0.6 is 0 Å². The molecule has 0 aliphatic carbocycles. The molecule has 2 amide bonds. The topological polar surface area (TPSA) is 54.0 Å². The number of amides is 2. The van der Waals surface area contributed by atoms with Crippen molar-refractivity contribution in [2.75, 3.05) is 46.9 Å². The lowest BCUT2D eigenvalue weighted by atomic mass is 10.1. The summed E-state index contributed by atoms with van der Waals surface area (Å²) in [5.41, 5.74) is 1.95. The Labute approximate surface area is 171 Å². The van der Waals surface area contributed by atoms with E-state index < -0.39 is 0 Å². The molecule has 0 radical (unpaired) electrons. The zero-order valence-corrected chi connectivity index (χ0v) is 17.0. The zero-order chi connectivity index (χ0) is 20.6. The number of carbonyl (C=O) groups excluding carboxylic acids is 1. The summed E-state index contributed by atoms with van der Waals surface area (Å²) in [5, 5.41) is 2.93. The van der Waals surface area contributed by atoms with Gasteiger partial charge in [0.05, 0.1) is 14.2 Å². The van der Waals surface area contributed by atoms with E-state index in [-0.39, 0.29) is 11.8 Å². The Balaban J connectivity index is 1.44. The van der Waals surface area contributed by atoms with Crippen molar-refractivity contribution in [3.8, 4) is 11.5 Å². The molecule has 0 bridgehead atoms. The zero-order valence-electron chi connectivity index (χ0n) is 17.0. The van der Waals surface area contributed by atoms with Gasteiger partial charge >= 0.3 is 6.03 Å². The van der Waals surface area contributed by atoms with Crippen molar-refractivity contribution >= 4 is 6.03 Å². The van der Waals surface area contributed by atoms with Gasteiger partial charge in [-0.25, -0.2) is 9.18 Å². The van der Waals surface area contributed by atoms with Crippen LogP contribution in [-0.4, -0.2) is 62.8 Å². The molecule has 6 nitrogen and oxygen atoms in total. The maximum atomic E-state index is 13.2. The summed E-state index contributed by atoms with van der Waals surface area (Å²) in [6, 6.07) is 12.2. The summed E-state index contributed by atoms with van der Waals surface area (Å²) in [7, 11) is 3.31. The van der Waals surface area contributed by atoms with Crippen LogP contribution in [0.25, 0.3) is 0 Å². The molecule has 0 spiro atoms. The third kappa shape index (κ3) is 5.84. The number of halogens is 1. The van der Waals surface area contributed by atoms with Crippen LogP contribution in [0.5, 0.6) is 11.5 Å². The second-order valence-electron chi connectivity index (χ2n) is 7.05. The van der Waals surface area contributed by atoms with Crippen LogP contribution in [0.4, 0.5) is 9.18 Å². The molecule has 1 N–H and O–H groups in total. The number of benzene rings is 2. The van der Waals surface area contributed by atoms with E-state index in [2.05, 4.69) is 10.2 Å². The smallest absolute Gasteiger partial charge is 0.317 e. The Kier molecular flexibility index (Phi) is 7.30. The van der Waals surface area contributed by atoms with Gasteiger partial charge in [-0.2, -0.15) is 0 Å². The molecule has 7 heteroatoms. The van der Waals surface area contributed by atoms with Crippen molar-refractivity contribution in [3.63, 3.8) is 0 Å². The average Bonchev–Trinajstić information content (AvgIpc) is 2.74. The molecule has 0 atom stereocenters. The molecule has 156 valence electrons. The minimum Gasteiger partial charge on any atom is -0.497 e. The molecule has 0 saturated carbocycles. The summed E-state index contributed by atoms with van der Waals surface area (Å²) in [5.74, 6) is 1.39. The predicted octanol–water partition coefficient (Wildman–Crippen LogP) is 2.91. The van der Waals surface area contributed by atoms with E-state index in [0.717, 1.165) is 42.3 Å². The van der Waals surface area contributed by atoms with Gasteiger partial charge in [-0.1, -0.05) is 12.1 Å². The second-order valence-corrected chi connectivity index (χ2v) is 7.05. The van der Waals surface area contributed by atoms with Crippen LogP contribution in [-0.2, 0) is 13.0 Å². The highest BCUT2D eigenvalue weighted by Crippen LogP contribution is 2.25. The quantitative estimate of drug-likeness (QED) is 0.775. The Hall–Kier alpha value is -2.80. The number of piperazine rings is 1. The number of methoxy groups -OCH3 is 2. The van der Waals surface area contributed by atoms with Crippen molar-refractivity contribution in [1.82, 2.24) is 15.1 Å². The summed E-state index contributed by atoms with van der Waals surface area (Å²) >= 11 is 0. The Morgan fingerprint density at radius 1 is 1.07 bits per heavy atom. The van der Waals surface area contributed by atoms with Crippen molar-refractivity contribution in [2.45, 2.75) is 13.0 Å². The van der Waals surface area contributed by atoms with Gasteiger partial charge < -0.3 is 19.7 Å². The van der Waals surface area contributed by atoms with E-state index in [0.29, 0.717) is 26.1 Å². The second kappa shape index (κ2) is 10.1. The minimum absolute atomic E-state index is 0.0694. The van der Waals surface area contributed by atoms with E-state index in [9.17, 15) is 9.18 Å². The minimum atomic E-state index is -0.252. The van der Waals surface area contributed by atoms with Crippen molar-refractivity contribution < 1.29 is 18.7 Å². The number of rotatable bonds is 7. The fraction of sp³-hybridized carbons (Fsp3) is 0.409. The molecular formula is C22H28FN3O3. The molecule has 2 aromatic rings. The summed E-state index contributed by atoms with van der Waals surface area (Å²) in [6.45, 7) is 4.14. The maximum absolute atomic E-state index is 13.2. The molecule has 1 fully saturated rings. The van der Waals surface area contributed by atoms with E-state index in [1.165, 1.54) is 12.1 Å². The number of ether oxygens (including phenoxy) is 2. The van der Waals surface area contributed by atoms with E-state index >= 15 is 0 Å². The van der Waals surface area contributed by atoms with Gasteiger partial charge in [0.25, 0.3) is 0 Å². The monoisotopic (exact) mass is 401 g/mol.